The zero-order valence-electron chi connectivity index (χ0n) is 19.5. The summed E-state index contributed by atoms with van der Waals surface area (Å²) in [5.41, 5.74) is 2.86. The van der Waals surface area contributed by atoms with Gasteiger partial charge in [-0.05, 0) is 112 Å². The van der Waals surface area contributed by atoms with Gasteiger partial charge in [-0.2, -0.15) is 0 Å². The van der Waals surface area contributed by atoms with Gasteiger partial charge in [0.05, 0.1) is 13.2 Å². The first-order valence-electron chi connectivity index (χ1n) is 12.7. The highest BCUT2D eigenvalue weighted by Gasteiger charge is 2.30. The highest BCUT2D eigenvalue weighted by Crippen LogP contribution is 2.44. The summed E-state index contributed by atoms with van der Waals surface area (Å²) in [6, 6.07) is 9.30. The molecule has 2 aliphatic rings. The third-order valence-electron chi connectivity index (χ3n) is 7.59. The van der Waals surface area contributed by atoms with Gasteiger partial charge >= 0.3 is 0 Å². The third-order valence-corrected chi connectivity index (χ3v) is 7.59. The van der Waals surface area contributed by atoms with Gasteiger partial charge in [-0.25, -0.2) is 0 Å². The summed E-state index contributed by atoms with van der Waals surface area (Å²) in [5.74, 6) is 3.75. The van der Waals surface area contributed by atoms with E-state index in [1.165, 1.54) is 69.8 Å². The van der Waals surface area contributed by atoms with Crippen molar-refractivity contribution < 1.29 is 4.74 Å². The normalized spacial score (nSPS) is 27.8. The lowest BCUT2D eigenvalue weighted by Gasteiger charge is -2.38. The number of rotatable bonds is 10. The van der Waals surface area contributed by atoms with E-state index in [0.717, 1.165) is 43.3 Å². The Kier molecular flexibility index (Phi) is 10.2. The highest BCUT2D eigenvalue weighted by atomic mass is 16.5. The molecule has 1 aromatic carbocycles. The maximum absolute atomic E-state index is 5.77. The Balaban J connectivity index is 1.36. The molecule has 0 heterocycles. The van der Waals surface area contributed by atoms with Gasteiger partial charge in [-0.1, -0.05) is 55.5 Å². The fourth-order valence-electron chi connectivity index (χ4n) is 5.67. The minimum absolute atomic E-state index is 0.738. The molecule has 0 atom stereocenters. The quantitative estimate of drug-likeness (QED) is 0.278. The van der Waals surface area contributed by atoms with Gasteiger partial charge in [0.2, 0.25) is 0 Å². The van der Waals surface area contributed by atoms with Crippen LogP contribution >= 0.6 is 0 Å². The molecule has 0 aliphatic heterocycles. The Hall–Kier alpha value is -1.34. The molecular weight excluding hydrogens is 364 g/mol. The topological polar surface area (TPSA) is 9.23 Å². The van der Waals surface area contributed by atoms with Gasteiger partial charge in [0, 0.05) is 0 Å². The monoisotopic (exact) mass is 408 g/mol. The van der Waals surface area contributed by atoms with Crippen LogP contribution in [0.3, 0.4) is 0 Å². The summed E-state index contributed by atoms with van der Waals surface area (Å²) in [5, 5.41) is 0. The molecule has 30 heavy (non-hydrogen) atoms. The van der Waals surface area contributed by atoms with Crippen LogP contribution in [-0.2, 0) is 11.3 Å². The molecule has 0 aromatic heterocycles. The van der Waals surface area contributed by atoms with E-state index in [0.29, 0.717) is 0 Å². The van der Waals surface area contributed by atoms with Crippen molar-refractivity contribution in [1.82, 2.24) is 0 Å². The molecule has 1 nitrogen and oxygen atoms in total. The lowest BCUT2D eigenvalue weighted by molar-refractivity contribution is 0.125. The van der Waals surface area contributed by atoms with Gasteiger partial charge in [-0.15, -0.1) is 0 Å². The Bertz CT molecular complexity index is 625. The largest absolute Gasteiger partial charge is 0.376 e. The van der Waals surface area contributed by atoms with E-state index in [-0.39, 0.29) is 0 Å². The maximum atomic E-state index is 5.77. The predicted octanol–water partition coefficient (Wildman–Crippen LogP) is 8.61. The zero-order valence-corrected chi connectivity index (χ0v) is 19.5. The SMILES string of the molecule is CC=CCCOCc1ccc(C2CCC(C3CCC(C/C=C/CC)CC3)CC2)cc1. The van der Waals surface area contributed by atoms with Crippen molar-refractivity contribution >= 4 is 0 Å². The first-order valence-corrected chi connectivity index (χ1v) is 12.7. The van der Waals surface area contributed by atoms with E-state index in [9.17, 15) is 0 Å². The first-order chi connectivity index (χ1) is 14.8. The smallest absolute Gasteiger partial charge is 0.0717 e. The summed E-state index contributed by atoms with van der Waals surface area (Å²) in [4.78, 5) is 0. The lowest BCUT2D eigenvalue weighted by Crippen LogP contribution is -2.25. The highest BCUT2D eigenvalue weighted by molar-refractivity contribution is 5.25. The van der Waals surface area contributed by atoms with Crippen LogP contribution in [0, 0.1) is 17.8 Å². The number of hydrogen-bond donors (Lipinski definition) is 0. The van der Waals surface area contributed by atoms with E-state index in [1.807, 2.05) is 0 Å². The molecule has 0 bridgehead atoms. The van der Waals surface area contributed by atoms with Crippen LogP contribution < -0.4 is 0 Å². The van der Waals surface area contributed by atoms with E-state index in [4.69, 9.17) is 4.74 Å². The second-order valence-electron chi connectivity index (χ2n) is 9.66. The van der Waals surface area contributed by atoms with Crippen molar-refractivity contribution in [3.05, 3.63) is 59.7 Å². The van der Waals surface area contributed by atoms with Crippen LogP contribution in [0.25, 0.3) is 0 Å². The molecule has 0 saturated heterocycles. The van der Waals surface area contributed by atoms with Crippen LogP contribution in [0.5, 0.6) is 0 Å². The van der Waals surface area contributed by atoms with Crippen molar-refractivity contribution in [1.29, 1.82) is 0 Å². The van der Waals surface area contributed by atoms with Gasteiger partial charge < -0.3 is 4.74 Å². The average molecular weight is 409 g/mol. The number of allylic oxidation sites excluding steroid dienone is 3. The molecule has 1 heteroatoms. The van der Waals surface area contributed by atoms with Gasteiger partial charge in [0.1, 0.15) is 0 Å². The number of ether oxygens (including phenoxy) is 1. The van der Waals surface area contributed by atoms with Crippen LogP contribution in [0.4, 0.5) is 0 Å². The summed E-state index contributed by atoms with van der Waals surface area (Å²) < 4.78 is 5.77. The van der Waals surface area contributed by atoms with E-state index < -0.39 is 0 Å². The average Bonchev–Trinajstić information content (AvgIpc) is 2.80. The van der Waals surface area contributed by atoms with Gasteiger partial charge in [-0.3, -0.25) is 0 Å². The van der Waals surface area contributed by atoms with Crippen LogP contribution in [-0.4, -0.2) is 6.61 Å². The maximum Gasteiger partial charge on any atom is 0.0717 e. The van der Waals surface area contributed by atoms with Crippen molar-refractivity contribution in [3.8, 4) is 0 Å². The fraction of sp³-hybridized carbons (Fsp3) is 0.655. The molecule has 0 N–H and O–H groups in total. The molecule has 0 unspecified atom stereocenters. The van der Waals surface area contributed by atoms with E-state index >= 15 is 0 Å². The zero-order chi connectivity index (χ0) is 21.0. The predicted molar refractivity (Wildman–Crippen MR) is 130 cm³/mol. The molecule has 0 amide bonds. The fourth-order valence-corrected chi connectivity index (χ4v) is 5.67. The van der Waals surface area contributed by atoms with Crippen LogP contribution in [0.1, 0.15) is 102 Å². The van der Waals surface area contributed by atoms with Crippen molar-refractivity contribution in [2.24, 2.45) is 17.8 Å². The standard InChI is InChI=1S/C29H44O/c1-3-5-7-9-24-10-14-26(15-11-24)28-18-20-29(21-19-28)27-16-12-25(13-17-27)23-30-22-8-6-4-2/h4-7,12-13,16-17,24,26,28-29H,3,8-11,14-15,18-23H2,1-2H3/b6-4?,7-5+. The molecule has 1 aromatic rings. The molecule has 3 rings (SSSR count). The minimum Gasteiger partial charge on any atom is -0.376 e. The molecule has 2 aliphatic carbocycles. The Morgan fingerprint density at radius 1 is 0.833 bits per heavy atom. The van der Waals surface area contributed by atoms with Crippen molar-refractivity contribution in [2.45, 2.75) is 97.0 Å². The molecular formula is C29H44O. The summed E-state index contributed by atoms with van der Waals surface area (Å²) in [6.45, 7) is 5.85. The second-order valence-corrected chi connectivity index (χ2v) is 9.66. The van der Waals surface area contributed by atoms with Crippen molar-refractivity contribution in [3.63, 3.8) is 0 Å². The van der Waals surface area contributed by atoms with Gasteiger partial charge in [0.25, 0.3) is 0 Å². The van der Waals surface area contributed by atoms with Gasteiger partial charge in [0.15, 0.2) is 0 Å². The number of benzene rings is 1. The second kappa shape index (κ2) is 13.2. The minimum atomic E-state index is 0.738. The summed E-state index contributed by atoms with van der Waals surface area (Å²) >= 11 is 0. The third kappa shape index (κ3) is 7.41. The lowest BCUT2D eigenvalue weighted by atomic mass is 9.68. The Morgan fingerprint density at radius 2 is 1.50 bits per heavy atom. The molecule has 2 saturated carbocycles. The summed E-state index contributed by atoms with van der Waals surface area (Å²) in [7, 11) is 0. The van der Waals surface area contributed by atoms with E-state index in [2.05, 4.69) is 62.4 Å². The molecule has 2 fully saturated rings. The summed E-state index contributed by atoms with van der Waals surface area (Å²) in [6.07, 6.45) is 24.1. The van der Waals surface area contributed by atoms with Crippen LogP contribution in [0.15, 0.2) is 48.6 Å². The van der Waals surface area contributed by atoms with E-state index in [1.54, 1.807) is 5.56 Å². The Labute approximate surface area is 186 Å². The first kappa shape index (κ1) is 23.3. The van der Waals surface area contributed by atoms with Crippen molar-refractivity contribution in [2.75, 3.05) is 6.61 Å². The number of hydrogen-bond acceptors (Lipinski definition) is 1. The molecule has 166 valence electrons. The molecule has 0 spiro atoms. The molecule has 0 radical (unpaired) electrons. The Morgan fingerprint density at radius 3 is 2.13 bits per heavy atom. The van der Waals surface area contributed by atoms with Crippen LogP contribution in [0.2, 0.25) is 0 Å².